The molecule has 1 heterocycles. The number of hydrogen-bond donors (Lipinski definition) is 2. The molecule has 0 aliphatic heterocycles. The van der Waals surface area contributed by atoms with Crippen LogP contribution in [0.25, 0.3) is 0 Å². The molecule has 1 aromatic carbocycles. The number of rotatable bonds is 4. The summed E-state index contributed by atoms with van der Waals surface area (Å²) >= 11 is 5.73. The number of carbonyl (C=O) groups excluding carboxylic acids is 1. The van der Waals surface area contributed by atoms with E-state index in [-0.39, 0.29) is 12.1 Å². The fourth-order valence-corrected chi connectivity index (χ4v) is 1.80. The number of anilines is 1. The van der Waals surface area contributed by atoms with Crippen LogP contribution in [0.5, 0.6) is 0 Å². The minimum absolute atomic E-state index is 0.0612. The van der Waals surface area contributed by atoms with Gasteiger partial charge in [-0.3, -0.25) is 9.59 Å². The van der Waals surface area contributed by atoms with Gasteiger partial charge in [0.25, 0.3) is 5.56 Å². The molecular weight excluding hydrogens is 296 g/mol. The molecule has 0 atom stereocenters. The molecule has 2 rings (SSSR count). The summed E-state index contributed by atoms with van der Waals surface area (Å²) in [4.78, 5) is 34.3. The number of halogens is 1. The highest BCUT2D eigenvalue weighted by atomic mass is 35.5. The van der Waals surface area contributed by atoms with Crippen LogP contribution >= 0.6 is 11.6 Å². The number of pyridine rings is 1. The number of aromatic carboxylic acids is 1. The maximum absolute atomic E-state index is 11.8. The lowest BCUT2D eigenvalue weighted by Crippen LogP contribution is -2.27. The van der Waals surface area contributed by atoms with Gasteiger partial charge in [0.1, 0.15) is 6.54 Å². The third kappa shape index (κ3) is 3.93. The molecule has 0 aliphatic carbocycles. The number of carboxylic acid groups (broad SMARTS) is 1. The van der Waals surface area contributed by atoms with Gasteiger partial charge < -0.3 is 15.0 Å². The molecule has 0 unspecified atom stereocenters. The van der Waals surface area contributed by atoms with E-state index in [1.165, 1.54) is 6.07 Å². The Kier molecular flexibility index (Phi) is 4.39. The molecule has 1 aromatic heterocycles. The molecule has 6 nitrogen and oxygen atoms in total. The van der Waals surface area contributed by atoms with E-state index in [0.717, 1.165) is 16.8 Å². The molecule has 1 amide bonds. The van der Waals surface area contributed by atoms with Crippen LogP contribution in [-0.4, -0.2) is 21.6 Å². The molecule has 2 N–H and O–H groups in total. The fraction of sp³-hybridized carbons (Fsp3) is 0.0714. The van der Waals surface area contributed by atoms with E-state index in [1.54, 1.807) is 24.3 Å². The summed E-state index contributed by atoms with van der Waals surface area (Å²) in [5.74, 6) is -1.61. The van der Waals surface area contributed by atoms with Gasteiger partial charge >= 0.3 is 5.97 Å². The predicted molar refractivity (Wildman–Crippen MR) is 77.7 cm³/mol. The van der Waals surface area contributed by atoms with E-state index in [4.69, 9.17) is 16.7 Å². The largest absolute Gasteiger partial charge is 0.478 e. The first-order valence-electron chi connectivity index (χ1n) is 5.95. The lowest BCUT2D eigenvalue weighted by atomic mass is 10.3. The minimum atomic E-state index is -1.16. The van der Waals surface area contributed by atoms with Crippen molar-refractivity contribution in [2.75, 3.05) is 5.32 Å². The highest BCUT2D eigenvalue weighted by Crippen LogP contribution is 2.13. The van der Waals surface area contributed by atoms with Crippen molar-refractivity contribution in [2.45, 2.75) is 6.54 Å². The molecule has 108 valence electrons. The summed E-state index contributed by atoms with van der Waals surface area (Å²) < 4.78 is 1.04. The van der Waals surface area contributed by atoms with Crippen molar-refractivity contribution in [3.8, 4) is 0 Å². The van der Waals surface area contributed by atoms with Crippen LogP contribution in [0.4, 0.5) is 5.69 Å². The van der Waals surface area contributed by atoms with Gasteiger partial charge in [0.15, 0.2) is 0 Å². The number of aromatic nitrogens is 1. The Morgan fingerprint density at radius 3 is 2.43 bits per heavy atom. The van der Waals surface area contributed by atoms with E-state index < -0.39 is 17.4 Å². The average molecular weight is 307 g/mol. The van der Waals surface area contributed by atoms with Crippen molar-refractivity contribution in [1.29, 1.82) is 0 Å². The van der Waals surface area contributed by atoms with Gasteiger partial charge in [-0.2, -0.15) is 0 Å². The minimum Gasteiger partial charge on any atom is -0.478 e. The predicted octanol–water partition coefficient (Wildman–Crippen LogP) is 1.84. The maximum Gasteiger partial charge on any atom is 0.337 e. The molecule has 7 heteroatoms. The van der Waals surface area contributed by atoms with Gasteiger partial charge in [-0.15, -0.1) is 0 Å². The first-order chi connectivity index (χ1) is 9.95. The molecular formula is C14H11ClN2O4. The van der Waals surface area contributed by atoms with Crippen molar-refractivity contribution in [3.63, 3.8) is 0 Å². The third-order valence-electron chi connectivity index (χ3n) is 2.67. The number of nitrogens with zero attached hydrogens (tertiary/aromatic N) is 1. The lowest BCUT2D eigenvalue weighted by Gasteiger charge is -2.08. The van der Waals surface area contributed by atoms with Gasteiger partial charge in [0, 0.05) is 23.0 Å². The van der Waals surface area contributed by atoms with Gasteiger partial charge in [0.05, 0.1) is 5.56 Å². The summed E-state index contributed by atoms with van der Waals surface area (Å²) in [6.45, 7) is -0.275. The summed E-state index contributed by atoms with van der Waals surface area (Å²) in [5.41, 5.74) is 0.0204. The molecule has 0 saturated carbocycles. The molecule has 0 aliphatic rings. The van der Waals surface area contributed by atoms with E-state index in [1.807, 2.05) is 0 Å². The molecule has 0 spiro atoms. The lowest BCUT2D eigenvalue weighted by molar-refractivity contribution is -0.116. The Morgan fingerprint density at radius 1 is 1.14 bits per heavy atom. The number of carboxylic acids is 1. The van der Waals surface area contributed by atoms with Gasteiger partial charge in [-0.25, -0.2) is 4.79 Å². The van der Waals surface area contributed by atoms with Gasteiger partial charge in [-0.1, -0.05) is 11.6 Å². The quantitative estimate of drug-likeness (QED) is 0.902. The zero-order valence-corrected chi connectivity index (χ0v) is 11.5. The number of amides is 1. The Balaban J connectivity index is 2.12. The Morgan fingerprint density at radius 2 is 1.81 bits per heavy atom. The maximum atomic E-state index is 11.8. The van der Waals surface area contributed by atoms with Crippen LogP contribution in [0.1, 0.15) is 10.4 Å². The molecule has 21 heavy (non-hydrogen) atoms. The van der Waals surface area contributed by atoms with Crippen LogP contribution in [0, 0.1) is 0 Å². The first-order valence-corrected chi connectivity index (χ1v) is 6.33. The first kappa shape index (κ1) is 14.8. The van der Waals surface area contributed by atoms with Crippen LogP contribution in [-0.2, 0) is 11.3 Å². The van der Waals surface area contributed by atoms with Crippen molar-refractivity contribution >= 4 is 29.2 Å². The molecule has 0 fully saturated rings. The smallest absolute Gasteiger partial charge is 0.337 e. The number of benzene rings is 1. The molecule has 0 radical (unpaired) electrons. The van der Waals surface area contributed by atoms with Gasteiger partial charge in [-0.05, 0) is 30.3 Å². The van der Waals surface area contributed by atoms with Crippen molar-refractivity contribution in [2.24, 2.45) is 0 Å². The Bertz CT molecular complexity index is 737. The second kappa shape index (κ2) is 6.23. The summed E-state index contributed by atoms with van der Waals surface area (Å²) in [7, 11) is 0. The normalized spacial score (nSPS) is 10.1. The third-order valence-corrected chi connectivity index (χ3v) is 2.92. The fourth-order valence-electron chi connectivity index (χ4n) is 1.67. The van der Waals surface area contributed by atoms with E-state index in [0.29, 0.717) is 10.7 Å². The van der Waals surface area contributed by atoms with Crippen molar-refractivity contribution in [1.82, 2.24) is 4.57 Å². The second-order valence-corrected chi connectivity index (χ2v) is 4.68. The van der Waals surface area contributed by atoms with Gasteiger partial charge in [0.2, 0.25) is 5.91 Å². The average Bonchev–Trinajstić information content (AvgIpc) is 2.43. The van der Waals surface area contributed by atoms with E-state index in [2.05, 4.69) is 5.32 Å². The van der Waals surface area contributed by atoms with E-state index >= 15 is 0 Å². The highest BCUT2D eigenvalue weighted by Gasteiger charge is 2.09. The Labute approximate surface area is 124 Å². The SMILES string of the molecule is O=C(Cn1cc(C(=O)O)ccc1=O)Nc1ccc(Cl)cc1. The monoisotopic (exact) mass is 306 g/mol. The Hall–Kier alpha value is -2.60. The highest BCUT2D eigenvalue weighted by molar-refractivity contribution is 6.30. The number of carbonyl (C=O) groups is 2. The van der Waals surface area contributed by atoms with Crippen molar-refractivity contribution < 1.29 is 14.7 Å². The van der Waals surface area contributed by atoms with Crippen LogP contribution in [0.3, 0.4) is 0 Å². The second-order valence-electron chi connectivity index (χ2n) is 4.24. The number of hydrogen-bond acceptors (Lipinski definition) is 3. The van der Waals surface area contributed by atoms with Crippen LogP contribution in [0.15, 0.2) is 47.4 Å². The zero-order valence-electron chi connectivity index (χ0n) is 10.7. The van der Waals surface area contributed by atoms with Crippen LogP contribution in [0.2, 0.25) is 5.02 Å². The standard InChI is InChI=1S/C14H11ClN2O4/c15-10-2-4-11(5-3-10)16-12(18)8-17-7-9(14(20)21)1-6-13(17)19/h1-7H,8H2,(H,16,18)(H,20,21). The molecule has 2 aromatic rings. The summed E-state index contributed by atoms with van der Waals surface area (Å²) in [6, 6.07) is 8.79. The van der Waals surface area contributed by atoms with Crippen LogP contribution < -0.4 is 10.9 Å². The molecule has 0 bridgehead atoms. The van der Waals surface area contributed by atoms with E-state index in [9.17, 15) is 14.4 Å². The number of nitrogens with one attached hydrogen (secondary N) is 1. The zero-order chi connectivity index (χ0) is 15.4. The van der Waals surface area contributed by atoms with Crippen molar-refractivity contribution in [3.05, 3.63) is 63.5 Å². The molecule has 0 saturated heterocycles. The summed E-state index contributed by atoms with van der Waals surface area (Å²) in [5, 5.41) is 12.0. The summed E-state index contributed by atoms with van der Waals surface area (Å²) in [6.07, 6.45) is 1.13. The topological polar surface area (TPSA) is 88.4 Å².